The highest BCUT2D eigenvalue weighted by Gasteiger charge is 2.23. The first-order valence-corrected chi connectivity index (χ1v) is 10.4. The SMILES string of the molecule is CCN1C(=O)CCc2cc(CNS(=O)(=O)c3ccc(Br)cc3)ccc21. The van der Waals surface area contributed by atoms with Gasteiger partial charge in [0.05, 0.1) is 4.90 Å². The Hall–Kier alpha value is -1.70. The van der Waals surface area contributed by atoms with Gasteiger partial charge in [-0.3, -0.25) is 4.79 Å². The molecule has 25 heavy (non-hydrogen) atoms. The van der Waals surface area contributed by atoms with E-state index < -0.39 is 10.0 Å². The molecule has 1 aliphatic rings. The number of benzene rings is 2. The first kappa shape index (κ1) is 18.1. The molecular weight excluding hydrogens is 404 g/mol. The van der Waals surface area contributed by atoms with Crippen molar-refractivity contribution >= 4 is 37.5 Å². The quantitative estimate of drug-likeness (QED) is 0.803. The Balaban J connectivity index is 1.76. The molecule has 0 radical (unpaired) electrons. The maximum absolute atomic E-state index is 12.4. The number of sulfonamides is 1. The van der Waals surface area contributed by atoms with Crippen molar-refractivity contribution < 1.29 is 13.2 Å². The molecule has 0 unspecified atom stereocenters. The number of hydrogen-bond acceptors (Lipinski definition) is 3. The Morgan fingerprint density at radius 2 is 1.84 bits per heavy atom. The lowest BCUT2D eigenvalue weighted by Gasteiger charge is -2.28. The second kappa shape index (κ2) is 7.27. The molecule has 0 aliphatic carbocycles. The molecule has 2 aromatic rings. The Labute approximate surface area is 156 Å². The number of hydrogen-bond donors (Lipinski definition) is 1. The molecule has 1 N–H and O–H groups in total. The summed E-state index contributed by atoms with van der Waals surface area (Å²) in [5, 5.41) is 0. The predicted molar refractivity (Wildman–Crippen MR) is 101 cm³/mol. The molecule has 0 bridgehead atoms. The number of nitrogens with one attached hydrogen (secondary N) is 1. The molecule has 2 aromatic carbocycles. The zero-order valence-electron chi connectivity index (χ0n) is 13.8. The molecule has 1 aliphatic heterocycles. The summed E-state index contributed by atoms with van der Waals surface area (Å²) in [5.74, 6) is 0.138. The van der Waals surface area contributed by atoms with Gasteiger partial charge in [0.1, 0.15) is 0 Å². The van der Waals surface area contributed by atoms with E-state index in [4.69, 9.17) is 0 Å². The molecule has 1 amide bonds. The summed E-state index contributed by atoms with van der Waals surface area (Å²) in [7, 11) is -3.56. The lowest BCUT2D eigenvalue weighted by Crippen LogP contribution is -2.34. The smallest absolute Gasteiger partial charge is 0.240 e. The van der Waals surface area contributed by atoms with Crippen LogP contribution in [0.1, 0.15) is 24.5 Å². The lowest BCUT2D eigenvalue weighted by molar-refractivity contribution is -0.118. The van der Waals surface area contributed by atoms with E-state index in [0.29, 0.717) is 19.4 Å². The molecule has 0 saturated heterocycles. The van der Waals surface area contributed by atoms with Gasteiger partial charge in [-0.1, -0.05) is 28.1 Å². The number of carbonyl (C=O) groups excluding carboxylic acids is 1. The van der Waals surface area contributed by atoms with Crippen molar-refractivity contribution in [1.82, 2.24) is 4.72 Å². The van der Waals surface area contributed by atoms with E-state index in [0.717, 1.165) is 21.3 Å². The van der Waals surface area contributed by atoms with Crippen LogP contribution in [0.4, 0.5) is 5.69 Å². The van der Waals surface area contributed by atoms with Crippen LogP contribution < -0.4 is 9.62 Å². The number of aryl methyl sites for hydroxylation is 1. The maximum Gasteiger partial charge on any atom is 0.240 e. The molecule has 0 fully saturated rings. The van der Waals surface area contributed by atoms with E-state index in [1.165, 1.54) is 0 Å². The maximum atomic E-state index is 12.4. The van der Waals surface area contributed by atoms with Crippen molar-refractivity contribution in [2.75, 3.05) is 11.4 Å². The van der Waals surface area contributed by atoms with Crippen molar-refractivity contribution in [2.45, 2.75) is 31.2 Å². The van der Waals surface area contributed by atoms with Gasteiger partial charge in [0, 0.05) is 29.7 Å². The second-order valence-corrected chi connectivity index (χ2v) is 8.56. The van der Waals surface area contributed by atoms with Gasteiger partial charge in [0.25, 0.3) is 0 Å². The Bertz CT molecular complexity index is 895. The fourth-order valence-corrected chi connectivity index (χ4v) is 4.23. The summed E-state index contributed by atoms with van der Waals surface area (Å²) in [6.45, 7) is 2.81. The Morgan fingerprint density at radius 3 is 2.52 bits per heavy atom. The third kappa shape index (κ3) is 3.94. The Morgan fingerprint density at radius 1 is 1.12 bits per heavy atom. The largest absolute Gasteiger partial charge is 0.312 e. The number of carbonyl (C=O) groups is 1. The third-order valence-electron chi connectivity index (χ3n) is 4.25. The molecule has 0 atom stereocenters. The highest BCUT2D eigenvalue weighted by Crippen LogP contribution is 2.28. The molecule has 0 spiro atoms. The van der Waals surface area contributed by atoms with Gasteiger partial charge in [-0.05, 0) is 54.8 Å². The van der Waals surface area contributed by atoms with Crippen molar-refractivity contribution in [3.8, 4) is 0 Å². The summed E-state index contributed by atoms with van der Waals surface area (Å²) >= 11 is 3.29. The first-order chi connectivity index (χ1) is 11.9. The van der Waals surface area contributed by atoms with Crippen LogP contribution >= 0.6 is 15.9 Å². The minimum atomic E-state index is -3.56. The monoisotopic (exact) mass is 422 g/mol. The molecule has 0 aromatic heterocycles. The Kier molecular flexibility index (Phi) is 5.27. The van der Waals surface area contributed by atoms with Crippen LogP contribution in [0.2, 0.25) is 0 Å². The number of nitrogens with zero attached hydrogens (tertiary/aromatic N) is 1. The van der Waals surface area contributed by atoms with Gasteiger partial charge in [-0.15, -0.1) is 0 Å². The van der Waals surface area contributed by atoms with E-state index in [-0.39, 0.29) is 17.3 Å². The number of anilines is 1. The summed E-state index contributed by atoms with van der Waals surface area (Å²) in [6.07, 6.45) is 1.19. The van der Waals surface area contributed by atoms with Gasteiger partial charge < -0.3 is 4.90 Å². The molecule has 5 nitrogen and oxygen atoms in total. The van der Waals surface area contributed by atoms with Crippen LogP contribution in [0.3, 0.4) is 0 Å². The van der Waals surface area contributed by atoms with Gasteiger partial charge in [0.2, 0.25) is 15.9 Å². The lowest BCUT2D eigenvalue weighted by atomic mass is 9.99. The minimum absolute atomic E-state index is 0.138. The summed E-state index contributed by atoms with van der Waals surface area (Å²) in [5.41, 5.74) is 2.89. The van der Waals surface area contributed by atoms with E-state index in [2.05, 4.69) is 20.7 Å². The summed E-state index contributed by atoms with van der Waals surface area (Å²) in [4.78, 5) is 13.9. The van der Waals surface area contributed by atoms with Crippen molar-refractivity contribution in [3.63, 3.8) is 0 Å². The molecule has 1 heterocycles. The molecule has 7 heteroatoms. The van der Waals surface area contributed by atoms with Crippen LogP contribution in [0.5, 0.6) is 0 Å². The third-order valence-corrected chi connectivity index (χ3v) is 6.20. The molecule has 3 rings (SSSR count). The fraction of sp³-hybridized carbons (Fsp3) is 0.278. The average molecular weight is 423 g/mol. The van der Waals surface area contributed by atoms with Gasteiger partial charge in [0.15, 0.2) is 0 Å². The van der Waals surface area contributed by atoms with Crippen LogP contribution in [0.15, 0.2) is 51.8 Å². The highest BCUT2D eigenvalue weighted by atomic mass is 79.9. The van der Waals surface area contributed by atoms with E-state index in [1.807, 2.05) is 25.1 Å². The van der Waals surface area contributed by atoms with Crippen LogP contribution in [-0.4, -0.2) is 20.9 Å². The van der Waals surface area contributed by atoms with Gasteiger partial charge in [-0.25, -0.2) is 13.1 Å². The standard InChI is InChI=1S/C18H19BrN2O3S/c1-2-21-17-9-3-13(11-14(17)4-10-18(21)22)12-20-25(23,24)16-7-5-15(19)6-8-16/h3,5-9,11,20H,2,4,10,12H2,1H3. The summed E-state index contributed by atoms with van der Waals surface area (Å²) < 4.78 is 28.2. The van der Waals surface area contributed by atoms with Crippen LogP contribution in [0.25, 0.3) is 0 Å². The van der Waals surface area contributed by atoms with E-state index in [1.54, 1.807) is 29.2 Å². The number of amides is 1. The normalized spacial score (nSPS) is 14.5. The summed E-state index contributed by atoms with van der Waals surface area (Å²) in [6, 6.07) is 12.3. The van der Waals surface area contributed by atoms with Gasteiger partial charge in [-0.2, -0.15) is 0 Å². The van der Waals surface area contributed by atoms with Crippen LogP contribution in [0, 0.1) is 0 Å². The molecule has 132 valence electrons. The number of halogens is 1. The highest BCUT2D eigenvalue weighted by molar-refractivity contribution is 9.10. The number of fused-ring (bicyclic) bond motifs is 1. The minimum Gasteiger partial charge on any atom is -0.312 e. The van der Waals surface area contributed by atoms with Crippen molar-refractivity contribution in [3.05, 3.63) is 58.1 Å². The second-order valence-electron chi connectivity index (χ2n) is 5.88. The van der Waals surface area contributed by atoms with Crippen LogP contribution in [-0.2, 0) is 27.8 Å². The average Bonchev–Trinajstić information content (AvgIpc) is 2.60. The zero-order chi connectivity index (χ0) is 18.0. The fourth-order valence-electron chi connectivity index (χ4n) is 2.95. The van der Waals surface area contributed by atoms with E-state index >= 15 is 0 Å². The number of rotatable bonds is 5. The molecular formula is C18H19BrN2O3S. The zero-order valence-corrected chi connectivity index (χ0v) is 16.2. The first-order valence-electron chi connectivity index (χ1n) is 8.08. The van der Waals surface area contributed by atoms with Gasteiger partial charge >= 0.3 is 0 Å². The predicted octanol–water partition coefficient (Wildman–Crippen LogP) is 3.23. The topological polar surface area (TPSA) is 66.5 Å². The molecule has 0 saturated carbocycles. The van der Waals surface area contributed by atoms with Crippen molar-refractivity contribution in [1.29, 1.82) is 0 Å². The van der Waals surface area contributed by atoms with E-state index in [9.17, 15) is 13.2 Å². The van der Waals surface area contributed by atoms with Crippen molar-refractivity contribution in [2.24, 2.45) is 0 Å².